The van der Waals surface area contributed by atoms with Gasteiger partial charge in [0.15, 0.2) is 5.82 Å². The molecule has 1 saturated heterocycles. The number of nitrogen functional groups attached to an aromatic ring is 1. The molecule has 6 atom stereocenters. The third kappa shape index (κ3) is 6.52. The number of aliphatic hydroxyl groups is 2. The molecular formula is C26H36N5O8P. The van der Waals surface area contributed by atoms with Crippen molar-refractivity contribution in [2.45, 2.75) is 63.3 Å². The molecule has 0 amide bonds. The predicted octanol–water partition coefficient (Wildman–Crippen LogP) is 1.92. The van der Waals surface area contributed by atoms with Crippen LogP contribution >= 0.6 is 8.53 Å². The predicted molar refractivity (Wildman–Crippen MR) is 146 cm³/mol. The Kier molecular flexibility index (Phi) is 9.26. The van der Waals surface area contributed by atoms with Crippen LogP contribution in [0.25, 0.3) is 5.52 Å². The average molecular weight is 578 g/mol. The maximum atomic E-state index is 12.6. The van der Waals surface area contributed by atoms with Gasteiger partial charge in [-0.3, -0.25) is 4.79 Å². The van der Waals surface area contributed by atoms with Gasteiger partial charge < -0.3 is 39.2 Å². The van der Waals surface area contributed by atoms with Crippen LogP contribution in [0.5, 0.6) is 5.75 Å². The van der Waals surface area contributed by atoms with Crippen molar-refractivity contribution in [3.05, 3.63) is 54.5 Å². The van der Waals surface area contributed by atoms with Crippen LogP contribution in [0.1, 0.15) is 33.4 Å². The molecule has 40 heavy (non-hydrogen) atoms. The van der Waals surface area contributed by atoms with Crippen molar-refractivity contribution in [1.82, 2.24) is 19.7 Å². The molecule has 0 aliphatic carbocycles. The lowest BCUT2D eigenvalue weighted by Gasteiger charge is -2.27. The summed E-state index contributed by atoms with van der Waals surface area (Å²) in [6, 6.07) is 11.6. The van der Waals surface area contributed by atoms with Crippen LogP contribution in [0, 0.1) is 0 Å². The highest BCUT2D eigenvalue weighted by Gasteiger charge is 2.54. The van der Waals surface area contributed by atoms with E-state index in [4.69, 9.17) is 29.0 Å². The number of nitrogens with one attached hydrogen (secondary N) is 1. The van der Waals surface area contributed by atoms with Gasteiger partial charge in [0.25, 0.3) is 0 Å². The zero-order valence-electron chi connectivity index (χ0n) is 23.1. The van der Waals surface area contributed by atoms with Crippen molar-refractivity contribution in [3.8, 4) is 5.75 Å². The van der Waals surface area contributed by atoms with E-state index in [1.807, 2.05) is 6.07 Å². The molecule has 1 aliphatic rings. The van der Waals surface area contributed by atoms with E-state index in [0.29, 0.717) is 17.0 Å². The van der Waals surface area contributed by atoms with Gasteiger partial charge in [0.2, 0.25) is 0 Å². The first-order valence-corrected chi connectivity index (χ1v) is 13.9. The molecule has 1 unspecified atom stereocenters. The van der Waals surface area contributed by atoms with Gasteiger partial charge in [-0.15, -0.1) is 0 Å². The number of nitrogens with zero attached hydrogens (tertiary/aromatic N) is 3. The van der Waals surface area contributed by atoms with Crippen LogP contribution < -0.4 is 15.3 Å². The van der Waals surface area contributed by atoms with E-state index in [1.54, 1.807) is 71.2 Å². The highest BCUT2D eigenvalue weighted by molar-refractivity contribution is 7.45. The van der Waals surface area contributed by atoms with E-state index in [-0.39, 0.29) is 19.0 Å². The summed E-state index contributed by atoms with van der Waals surface area (Å²) in [5.41, 5.74) is 5.02. The van der Waals surface area contributed by atoms with Gasteiger partial charge in [0.1, 0.15) is 54.2 Å². The van der Waals surface area contributed by atoms with Crippen molar-refractivity contribution < 1.29 is 38.3 Å². The number of aliphatic hydroxyl groups excluding tert-OH is 2. The van der Waals surface area contributed by atoms with Crippen LogP contribution in [0.3, 0.4) is 0 Å². The molecule has 2 aromatic heterocycles. The lowest BCUT2D eigenvalue weighted by Crippen LogP contribution is -2.40. The zero-order chi connectivity index (χ0) is 29.1. The maximum Gasteiger partial charge on any atom is 0.323 e. The summed E-state index contributed by atoms with van der Waals surface area (Å²) in [6.45, 7) is 6.81. The standard InChI is InChI=1S/C26H36N5O8P/c1-16(24(34)36-14-25(2,3)35-5)30-40(39-17-9-7-6-8-10-17)37-13-19-21(32)22(33)26(4,38-19)20-12-11-18-23(27)28-15-29-31(18)20/h6-12,15-16,19,21-22,30,32-33H,13-14H2,1-5H3,(H2,27,28,29)/t16-,19+,21+,22+,26-,40?/m0/s1. The molecule has 4 rings (SSSR count). The second kappa shape index (κ2) is 12.3. The Bertz CT molecular complexity index is 1290. The smallest absolute Gasteiger partial charge is 0.323 e. The van der Waals surface area contributed by atoms with Gasteiger partial charge in [-0.2, -0.15) is 5.10 Å². The fourth-order valence-electron chi connectivity index (χ4n) is 4.10. The number of carbonyl (C=O) groups is 1. The Balaban J connectivity index is 1.46. The number of nitrogens with two attached hydrogens (primary N) is 1. The SMILES string of the molecule is COC(C)(C)COC(=O)[C@H](C)NP(OC[C@H]1O[C@@](C)(c2ccc3c(N)ncnn23)[C@H](O)[C@@H]1O)Oc1ccccc1. The molecule has 14 heteroatoms. The molecule has 3 aromatic rings. The number of esters is 1. The van der Waals surface area contributed by atoms with Crippen LogP contribution in [0.15, 0.2) is 48.8 Å². The minimum absolute atomic E-state index is 0.0657. The van der Waals surface area contributed by atoms with Crippen molar-refractivity contribution in [3.63, 3.8) is 0 Å². The second-order valence-corrected chi connectivity index (χ2v) is 11.5. The molecule has 0 saturated carbocycles. The van der Waals surface area contributed by atoms with E-state index in [0.717, 1.165) is 0 Å². The number of hydrogen-bond acceptors (Lipinski definition) is 12. The van der Waals surface area contributed by atoms with Crippen LogP contribution in [-0.4, -0.2) is 81.1 Å². The fourth-order valence-corrected chi connectivity index (χ4v) is 5.30. The fraction of sp³-hybridized carbons (Fsp3) is 0.500. The van der Waals surface area contributed by atoms with Gasteiger partial charge in [-0.1, -0.05) is 18.2 Å². The normalized spacial score (nSPS) is 24.6. The van der Waals surface area contributed by atoms with Gasteiger partial charge in [-0.05, 0) is 52.0 Å². The van der Waals surface area contributed by atoms with Gasteiger partial charge >= 0.3 is 14.5 Å². The number of aromatic nitrogens is 3. The molecule has 1 fully saturated rings. The quantitative estimate of drug-likeness (QED) is 0.182. The summed E-state index contributed by atoms with van der Waals surface area (Å²) < 4.78 is 30.4. The molecule has 5 N–H and O–H groups in total. The third-order valence-corrected chi connectivity index (χ3v) is 8.07. The number of benzene rings is 1. The van der Waals surface area contributed by atoms with E-state index >= 15 is 0 Å². The Morgan fingerprint density at radius 3 is 2.70 bits per heavy atom. The lowest BCUT2D eigenvalue weighted by molar-refractivity contribution is -0.153. The van der Waals surface area contributed by atoms with Gasteiger partial charge in [0.05, 0.1) is 17.9 Å². The van der Waals surface area contributed by atoms with Crippen molar-refractivity contribution in [1.29, 1.82) is 0 Å². The zero-order valence-corrected chi connectivity index (χ0v) is 23.9. The van der Waals surface area contributed by atoms with Crippen molar-refractivity contribution in [2.24, 2.45) is 0 Å². The monoisotopic (exact) mass is 577 g/mol. The first-order valence-electron chi connectivity index (χ1n) is 12.7. The minimum Gasteiger partial charge on any atom is -0.461 e. The highest BCUT2D eigenvalue weighted by Crippen LogP contribution is 2.43. The molecule has 3 heterocycles. The van der Waals surface area contributed by atoms with Crippen LogP contribution in [0.4, 0.5) is 5.82 Å². The molecule has 1 aromatic carbocycles. The molecule has 0 spiro atoms. The summed E-state index contributed by atoms with van der Waals surface area (Å²) in [5, 5.41) is 29.2. The Labute approximate surface area is 233 Å². The number of rotatable bonds is 12. The Morgan fingerprint density at radius 2 is 2.00 bits per heavy atom. The number of para-hydroxylation sites is 1. The van der Waals surface area contributed by atoms with Crippen LogP contribution in [-0.2, 0) is 29.1 Å². The molecule has 0 bridgehead atoms. The first-order chi connectivity index (χ1) is 18.9. The number of ether oxygens (including phenoxy) is 3. The molecular weight excluding hydrogens is 541 g/mol. The molecule has 1 aliphatic heterocycles. The minimum atomic E-state index is -1.91. The number of methoxy groups -OCH3 is 1. The summed E-state index contributed by atoms with van der Waals surface area (Å²) in [7, 11) is -0.365. The number of fused-ring (bicyclic) bond motifs is 1. The summed E-state index contributed by atoms with van der Waals surface area (Å²) in [5.74, 6) is 0.266. The second-order valence-electron chi connectivity index (χ2n) is 10.2. The number of carbonyl (C=O) groups excluding carboxylic acids is 1. The van der Waals surface area contributed by atoms with E-state index in [1.165, 1.54) is 10.8 Å². The van der Waals surface area contributed by atoms with Crippen molar-refractivity contribution in [2.75, 3.05) is 26.1 Å². The van der Waals surface area contributed by atoms with Crippen LogP contribution in [0.2, 0.25) is 0 Å². The number of anilines is 1. The largest absolute Gasteiger partial charge is 0.461 e. The van der Waals surface area contributed by atoms with E-state index in [9.17, 15) is 15.0 Å². The third-order valence-electron chi connectivity index (χ3n) is 6.71. The first kappa shape index (κ1) is 30.1. The van der Waals surface area contributed by atoms with Gasteiger partial charge in [0, 0.05) is 7.11 Å². The molecule has 218 valence electrons. The summed E-state index contributed by atoms with van der Waals surface area (Å²) in [4.78, 5) is 16.6. The average Bonchev–Trinajstić information content (AvgIpc) is 3.48. The maximum absolute atomic E-state index is 12.6. The number of hydrogen-bond donors (Lipinski definition) is 4. The Hall–Kier alpha value is -2.90. The summed E-state index contributed by atoms with van der Waals surface area (Å²) in [6.07, 6.45) is -2.22. The van der Waals surface area contributed by atoms with Crippen molar-refractivity contribution >= 4 is 25.8 Å². The van der Waals surface area contributed by atoms with E-state index in [2.05, 4.69) is 15.2 Å². The summed E-state index contributed by atoms with van der Waals surface area (Å²) >= 11 is 0. The molecule has 0 radical (unpaired) electrons. The highest BCUT2D eigenvalue weighted by atomic mass is 31.2. The van der Waals surface area contributed by atoms with E-state index < -0.39 is 50.1 Å². The Morgan fingerprint density at radius 1 is 1.27 bits per heavy atom. The van der Waals surface area contributed by atoms with Gasteiger partial charge in [-0.25, -0.2) is 14.6 Å². The topological polar surface area (TPSA) is 172 Å². The molecule has 13 nitrogen and oxygen atoms in total. The lowest BCUT2D eigenvalue weighted by atomic mass is 9.93.